The van der Waals surface area contributed by atoms with Gasteiger partial charge < -0.3 is 24.6 Å². The standard InChI is InChI=1S/C44H68N4O6S/c1-10-30(4)40(47(7)43(52)34(29(2)3)27-38(50)44(6)20-14-15-21-46-44)37(53-8)28-39(51)48-23-16-19-35(48)41(54-9)31(5)36(49)26-33(42-45-22-24-55-42)25-32-17-12-11-13-18-32/h11-13,17-18,22,24,29-31,33-35,37,40-41,46H,10,14-16,19-21,23,25-28H2,1-9H3/t30-,31-,33+,34-,35-,37+,40-,41+,44+/m0/s1. The molecule has 306 valence electrons. The number of hydrogen-bond acceptors (Lipinski definition) is 9. The summed E-state index contributed by atoms with van der Waals surface area (Å²) in [6, 6.07) is 9.56. The molecular formula is C44H68N4O6S. The molecule has 0 unspecified atom stereocenters. The minimum absolute atomic E-state index is 0.0353. The van der Waals surface area contributed by atoms with E-state index in [1.807, 2.05) is 56.2 Å². The number of amides is 2. The van der Waals surface area contributed by atoms with E-state index >= 15 is 0 Å². The second-order valence-electron chi connectivity index (χ2n) is 16.7. The summed E-state index contributed by atoms with van der Waals surface area (Å²) in [6.45, 7) is 13.5. The molecule has 0 radical (unpaired) electrons. The van der Waals surface area contributed by atoms with Crippen molar-refractivity contribution in [3.8, 4) is 0 Å². The maximum atomic E-state index is 14.4. The Balaban J connectivity index is 1.47. The van der Waals surface area contributed by atoms with Crippen molar-refractivity contribution in [3.63, 3.8) is 0 Å². The lowest BCUT2D eigenvalue weighted by molar-refractivity contribution is -0.149. The minimum atomic E-state index is -0.610. The highest BCUT2D eigenvalue weighted by atomic mass is 32.1. The Labute approximate surface area is 334 Å². The highest BCUT2D eigenvalue weighted by Crippen LogP contribution is 2.34. The zero-order chi connectivity index (χ0) is 40.3. The number of likely N-dealkylation sites (tertiary alicyclic amines) is 1. The maximum absolute atomic E-state index is 14.4. The van der Waals surface area contributed by atoms with E-state index in [2.05, 4.69) is 36.3 Å². The van der Waals surface area contributed by atoms with Gasteiger partial charge in [0.1, 0.15) is 5.78 Å². The molecule has 1 N–H and O–H groups in total. The van der Waals surface area contributed by atoms with E-state index in [0.717, 1.165) is 62.1 Å². The van der Waals surface area contributed by atoms with Gasteiger partial charge in [0.2, 0.25) is 11.8 Å². The highest BCUT2D eigenvalue weighted by Gasteiger charge is 2.44. The van der Waals surface area contributed by atoms with Crippen LogP contribution in [0.3, 0.4) is 0 Å². The summed E-state index contributed by atoms with van der Waals surface area (Å²) in [7, 11) is 5.05. The molecule has 0 saturated carbocycles. The molecule has 2 aliphatic heterocycles. The lowest BCUT2D eigenvalue weighted by Crippen LogP contribution is -2.55. The van der Waals surface area contributed by atoms with E-state index in [0.29, 0.717) is 13.0 Å². The Morgan fingerprint density at radius 2 is 1.75 bits per heavy atom. The van der Waals surface area contributed by atoms with Crippen LogP contribution in [0, 0.1) is 23.7 Å². The number of carbonyl (C=O) groups excluding carboxylic acids is 4. The molecule has 4 rings (SSSR count). The van der Waals surface area contributed by atoms with Gasteiger partial charge in [-0.15, -0.1) is 11.3 Å². The van der Waals surface area contributed by atoms with E-state index in [1.165, 1.54) is 0 Å². The molecule has 0 aliphatic carbocycles. The lowest BCUT2D eigenvalue weighted by Gasteiger charge is -2.41. The molecule has 2 fully saturated rings. The Bertz CT molecular complexity index is 1510. The zero-order valence-electron chi connectivity index (χ0n) is 34.9. The van der Waals surface area contributed by atoms with Crippen LogP contribution in [0.4, 0.5) is 0 Å². The molecule has 3 heterocycles. The van der Waals surface area contributed by atoms with Gasteiger partial charge in [-0.25, -0.2) is 4.98 Å². The molecule has 2 saturated heterocycles. The molecule has 2 amide bonds. The largest absolute Gasteiger partial charge is 0.379 e. The van der Waals surface area contributed by atoms with Gasteiger partial charge in [-0.3, -0.25) is 19.2 Å². The number of thiazole rings is 1. The predicted molar refractivity (Wildman–Crippen MR) is 219 cm³/mol. The van der Waals surface area contributed by atoms with E-state index in [-0.39, 0.29) is 66.1 Å². The number of methoxy groups -OCH3 is 2. The lowest BCUT2D eigenvalue weighted by atomic mass is 9.79. The van der Waals surface area contributed by atoms with E-state index in [4.69, 9.17) is 9.47 Å². The van der Waals surface area contributed by atoms with Crippen molar-refractivity contribution in [1.29, 1.82) is 0 Å². The van der Waals surface area contributed by atoms with Crippen LogP contribution in [-0.4, -0.2) is 102 Å². The number of rotatable bonds is 21. The number of carbonyl (C=O) groups is 4. The molecule has 2 aliphatic rings. The number of likely N-dealkylation sites (N-methyl/N-ethyl adjacent to an activating group) is 1. The number of benzene rings is 1. The molecule has 1 aromatic carbocycles. The summed E-state index contributed by atoms with van der Waals surface area (Å²) in [6.07, 6.45) is 7.26. The van der Waals surface area contributed by atoms with Crippen LogP contribution in [0.5, 0.6) is 0 Å². The molecule has 2 aromatic rings. The fourth-order valence-corrected chi connectivity index (χ4v) is 9.68. The number of hydrogen-bond donors (Lipinski definition) is 1. The summed E-state index contributed by atoms with van der Waals surface area (Å²) in [4.78, 5) is 64.6. The van der Waals surface area contributed by atoms with Gasteiger partial charge in [-0.2, -0.15) is 0 Å². The molecule has 11 heteroatoms. The van der Waals surface area contributed by atoms with Crippen molar-refractivity contribution in [2.45, 2.75) is 141 Å². The molecule has 10 nitrogen and oxygen atoms in total. The van der Waals surface area contributed by atoms with Gasteiger partial charge in [0.15, 0.2) is 5.78 Å². The average Bonchev–Trinajstić information content (AvgIpc) is 3.90. The van der Waals surface area contributed by atoms with E-state index in [9.17, 15) is 19.2 Å². The second kappa shape index (κ2) is 21.0. The third-order valence-corrected chi connectivity index (χ3v) is 13.6. The smallest absolute Gasteiger partial charge is 0.226 e. The van der Waals surface area contributed by atoms with Crippen LogP contribution >= 0.6 is 11.3 Å². The number of Topliss-reactive ketones (excluding diaryl/α,β-unsaturated/α-hetero) is 2. The Kier molecular flexibility index (Phi) is 17.0. The minimum Gasteiger partial charge on any atom is -0.379 e. The molecule has 9 atom stereocenters. The monoisotopic (exact) mass is 780 g/mol. The number of aromatic nitrogens is 1. The number of ketones is 2. The van der Waals surface area contributed by atoms with Crippen LogP contribution in [0.2, 0.25) is 0 Å². The van der Waals surface area contributed by atoms with Crippen molar-refractivity contribution in [3.05, 3.63) is 52.5 Å². The van der Waals surface area contributed by atoms with Gasteiger partial charge in [0.25, 0.3) is 0 Å². The highest BCUT2D eigenvalue weighted by molar-refractivity contribution is 7.09. The van der Waals surface area contributed by atoms with Gasteiger partial charge in [0, 0.05) is 70.0 Å². The van der Waals surface area contributed by atoms with Gasteiger partial charge in [-0.05, 0) is 69.4 Å². The van der Waals surface area contributed by atoms with Crippen molar-refractivity contribution >= 4 is 34.7 Å². The molecule has 1 aromatic heterocycles. The molecule has 55 heavy (non-hydrogen) atoms. The summed E-state index contributed by atoms with van der Waals surface area (Å²) in [5, 5.41) is 6.32. The van der Waals surface area contributed by atoms with Crippen LogP contribution < -0.4 is 5.32 Å². The van der Waals surface area contributed by atoms with Crippen LogP contribution in [0.25, 0.3) is 0 Å². The van der Waals surface area contributed by atoms with E-state index < -0.39 is 29.6 Å². The summed E-state index contributed by atoms with van der Waals surface area (Å²) in [5.74, 6) is -0.934. The first kappa shape index (κ1) is 44.7. The van der Waals surface area contributed by atoms with Gasteiger partial charge in [-0.1, -0.05) is 71.4 Å². The van der Waals surface area contributed by atoms with Gasteiger partial charge >= 0.3 is 0 Å². The topological polar surface area (TPSA) is 118 Å². The second-order valence-corrected chi connectivity index (χ2v) is 17.6. The molecular weight excluding hydrogens is 713 g/mol. The van der Waals surface area contributed by atoms with E-state index in [1.54, 1.807) is 43.7 Å². The van der Waals surface area contributed by atoms with Crippen LogP contribution in [-0.2, 0) is 35.1 Å². The number of nitrogens with zero attached hydrogens (tertiary/aromatic N) is 3. The first-order valence-electron chi connectivity index (χ1n) is 20.6. The summed E-state index contributed by atoms with van der Waals surface area (Å²) < 4.78 is 12.2. The first-order chi connectivity index (χ1) is 26.3. The Morgan fingerprint density at radius 1 is 1.02 bits per heavy atom. The summed E-state index contributed by atoms with van der Waals surface area (Å²) in [5.41, 5.74) is 0.551. The quantitative estimate of drug-likeness (QED) is 0.143. The fraction of sp³-hybridized carbons (Fsp3) is 0.705. The van der Waals surface area contributed by atoms with Crippen molar-refractivity contribution in [1.82, 2.24) is 20.1 Å². The summed E-state index contributed by atoms with van der Waals surface area (Å²) >= 11 is 1.57. The van der Waals surface area contributed by atoms with Crippen molar-refractivity contribution in [2.75, 3.05) is 34.4 Å². The third kappa shape index (κ3) is 11.3. The number of nitrogens with one attached hydrogen (secondary N) is 1. The number of ether oxygens (including phenoxy) is 2. The van der Waals surface area contributed by atoms with Gasteiger partial charge in [0.05, 0.1) is 41.3 Å². The SMILES string of the molecule is CC[C@H](C)[C@@H]([C@@H](CC(=O)N1CCC[C@H]1[C@H](OC)[C@@H](C)C(=O)C[C@@H](Cc1ccccc1)c1nccs1)OC)N(C)C(=O)[C@@H](CC(=O)[C@@]1(C)CCCCN1)C(C)C. The molecule has 0 spiro atoms. The Hall–Kier alpha value is -2.99. The first-order valence-corrected chi connectivity index (χ1v) is 21.5. The predicted octanol–water partition coefficient (Wildman–Crippen LogP) is 7.11. The number of piperidine rings is 1. The third-order valence-electron chi connectivity index (χ3n) is 12.7. The average molecular weight is 781 g/mol. The molecule has 0 bridgehead atoms. The fourth-order valence-electron chi connectivity index (χ4n) is 8.94. The Morgan fingerprint density at radius 3 is 2.33 bits per heavy atom. The van der Waals surface area contributed by atoms with Crippen LogP contribution in [0.1, 0.15) is 116 Å². The zero-order valence-corrected chi connectivity index (χ0v) is 35.7. The maximum Gasteiger partial charge on any atom is 0.226 e. The van der Waals surface area contributed by atoms with Crippen molar-refractivity contribution in [2.24, 2.45) is 23.7 Å². The van der Waals surface area contributed by atoms with Crippen LogP contribution in [0.15, 0.2) is 41.9 Å². The van der Waals surface area contributed by atoms with Crippen molar-refractivity contribution < 1.29 is 28.7 Å². The normalized spacial score (nSPS) is 22.7.